The van der Waals surface area contributed by atoms with E-state index in [1.165, 1.54) is 12.1 Å². The van der Waals surface area contributed by atoms with Crippen molar-refractivity contribution in [3.05, 3.63) is 29.8 Å². The number of carboxylic acid groups (broad SMARTS) is 1. The molecule has 4 nitrogen and oxygen atoms in total. The van der Waals surface area contributed by atoms with Gasteiger partial charge in [0.05, 0.1) is 5.56 Å². The maximum absolute atomic E-state index is 10.3. The van der Waals surface area contributed by atoms with Crippen LogP contribution in [0, 0.1) is 0 Å². The molecular weight excluding hydrogens is 252 g/mol. The first-order valence-electron chi connectivity index (χ1n) is 5.92. The Morgan fingerprint density at radius 2 is 1.78 bits per heavy atom. The molecule has 0 bridgehead atoms. The Bertz CT molecular complexity index is 337. The first-order valence-corrected chi connectivity index (χ1v) is 6.45. The van der Waals surface area contributed by atoms with Crippen LogP contribution >= 0.6 is 11.6 Å². The largest absolute Gasteiger partial charge is 0.478 e. The number of nitrogens with two attached hydrogens (primary N) is 1. The SMILES string of the molecule is CCN(CC)CCCl.Nc1ccc(C(=O)O)cc1. The van der Waals surface area contributed by atoms with Crippen LogP contribution in [0.4, 0.5) is 5.69 Å². The summed E-state index contributed by atoms with van der Waals surface area (Å²) in [6, 6.07) is 6.06. The van der Waals surface area contributed by atoms with Crippen molar-refractivity contribution < 1.29 is 9.90 Å². The molecule has 0 aromatic heterocycles. The van der Waals surface area contributed by atoms with Crippen LogP contribution in [0.1, 0.15) is 24.2 Å². The Kier molecular flexibility index (Phi) is 9.06. The molecule has 0 atom stereocenters. The molecule has 1 rings (SSSR count). The molecule has 5 heteroatoms. The van der Waals surface area contributed by atoms with Crippen molar-refractivity contribution in [1.82, 2.24) is 4.90 Å². The van der Waals surface area contributed by atoms with Crippen LogP contribution in [0.5, 0.6) is 0 Å². The van der Waals surface area contributed by atoms with Crippen molar-refractivity contribution in [3.63, 3.8) is 0 Å². The number of halogens is 1. The highest BCUT2D eigenvalue weighted by molar-refractivity contribution is 6.18. The van der Waals surface area contributed by atoms with E-state index in [0.29, 0.717) is 5.69 Å². The number of aromatic carboxylic acids is 1. The highest BCUT2D eigenvalue weighted by atomic mass is 35.5. The van der Waals surface area contributed by atoms with E-state index in [9.17, 15) is 4.79 Å². The molecule has 0 aliphatic rings. The number of nitrogen functional groups attached to an aromatic ring is 1. The highest BCUT2D eigenvalue weighted by Gasteiger charge is 1.98. The van der Waals surface area contributed by atoms with E-state index in [1.807, 2.05) is 0 Å². The second-order valence-electron chi connectivity index (χ2n) is 3.64. The van der Waals surface area contributed by atoms with Gasteiger partial charge in [0, 0.05) is 18.1 Å². The van der Waals surface area contributed by atoms with Crippen LogP contribution in [0.3, 0.4) is 0 Å². The molecule has 0 saturated carbocycles. The number of hydrogen-bond donors (Lipinski definition) is 2. The van der Waals surface area contributed by atoms with E-state index in [-0.39, 0.29) is 5.56 Å². The lowest BCUT2D eigenvalue weighted by atomic mass is 10.2. The summed E-state index contributed by atoms with van der Waals surface area (Å²) in [6.07, 6.45) is 0. The van der Waals surface area contributed by atoms with Gasteiger partial charge in [0.1, 0.15) is 0 Å². The normalized spacial score (nSPS) is 9.78. The van der Waals surface area contributed by atoms with E-state index in [1.54, 1.807) is 12.1 Å². The average Bonchev–Trinajstić information content (AvgIpc) is 2.37. The number of carbonyl (C=O) groups is 1. The molecule has 0 fully saturated rings. The number of nitrogens with zero attached hydrogens (tertiary/aromatic N) is 1. The first kappa shape index (κ1) is 16.7. The zero-order valence-electron chi connectivity index (χ0n) is 10.9. The summed E-state index contributed by atoms with van der Waals surface area (Å²) >= 11 is 5.51. The predicted molar refractivity (Wildman–Crippen MR) is 76.3 cm³/mol. The number of alkyl halides is 1. The van der Waals surface area contributed by atoms with Gasteiger partial charge in [-0.15, -0.1) is 11.6 Å². The van der Waals surface area contributed by atoms with Crippen LogP contribution in [0.2, 0.25) is 0 Å². The minimum absolute atomic E-state index is 0.259. The Labute approximate surface area is 113 Å². The number of hydrogen-bond acceptors (Lipinski definition) is 3. The van der Waals surface area contributed by atoms with Crippen LogP contribution in [0.15, 0.2) is 24.3 Å². The Morgan fingerprint density at radius 1 is 1.28 bits per heavy atom. The third-order valence-corrected chi connectivity index (χ3v) is 2.62. The topological polar surface area (TPSA) is 66.6 Å². The van der Waals surface area contributed by atoms with E-state index in [2.05, 4.69) is 18.7 Å². The summed E-state index contributed by atoms with van der Waals surface area (Å²) in [5, 5.41) is 8.43. The van der Waals surface area contributed by atoms with Gasteiger partial charge in [-0.2, -0.15) is 0 Å². The zero-order valence-corrected chi connectivity index (χ0v) is 11.7. The molecule has 18 heavy (non-hydrogen) atoms. The molecule has 3 N–H and O–H groups in total. The van der Waals surface area contributed by atoms with Crippen LogP contribution in [0.25, 0.3) is 0 Å². The van der Waals surface area contributed by atoms with Gasteiger partial charge in [0.15, 0.2) is 0 Å². The van der Waals surface area contributed by atoms with Crippen molar-refractivity contribution in [3.8, 4) is 0 Å². The summed E-state index contributed by atoms with van der Waals surface area (Å²) in [4.78, 5) is 12.6. The molecule has 0 amide bonds. The minimum atomic E-state index is -0.931. The van der Waals surface area contributed by atoms with Crippen molar-refractivity contribution in [2.24, 2.45) is 0 Å². The van der Waals surface area contributed by atoms with Gasteiger partial charge in [-0.1, -0.05) is 13.8 Å². The first-order chi connectivity index (χ1) is 8.54. The Hall–Kier alpha value is -1.26. The second-order valence-corrected chi connectivity index (χ2v) is 4.02. The van der Waals surface area contributed by atoms with Crippen molar-refractivity contribution in [1.29, 1.82) is 0 Å². The van der Waals surface area contributed by atoms with E-state index in [0.717, 1.165) is 25.5 Å². The van der Waals surface area contributed by atoms with Crippen molar-refractivity contribution >= 4 is 23.3 Å². The van der Waals surface area contributed by atoms with Gasteiger partial charge in [-0.3, -0.25) is 0 Å². The van der Waals surface area contributed by atoms with Gasteiger partial charge < -0.3 is 15.7 Å². The standard InChI is InChI=1S/C7H7NO2.C6H14ClN/c8-6-3-1-5(2-4-6)7(9)10;1-3-8(4-2)6-5-7/h1-4H,8H2,(H,9,10);3-6H2,1-2H3. The molecule has 0 spiro atoms. The maximum atomic E-state index is 10.3. The summed E-state index contributed by atoms with van der Waals surface area (Å²) in [5.41, 5.74) is 6.17. The lowest BCUT2D eigenvalue weighted by Gasteiger charge is -2.14. The molecule has 0 heterocycles. The quantitative estimate of drug-likeness (QED) is 0.639. The summed E-state index contributed by atoms with van der Waals surface area (Å²) in [7, 11) is 0. The summed E-state index contributed by atoms with van der Waals surface area (Å²) < 4.78 is 0. The van der Waals surface area contributed by atoms with Crippen LogP contribution < -0.4 is 5.73 Å². The Morgan fingerprint density at radius 3 is 2.06 bits per heavy atom. The van der Waals surface area contributed by atoms with Gasteiger partial charge >= 0.3 is 5.97 Å². The lowest BCUT2D eigenvalue weighted by Crippen LogP contribution is -2.24. The maximum Gasteiger partial charge on any atom is 0.335 e. The summed E-state index contributed by atoms with van der Waals surface area (Å²) in [6.45, 7) is 7.55. The molecule has 0 aliphatic carbocycles. The third-order valence-electron chi connectivity index (χ3n) is 2.45. The average molecular weight is 273 g/mol. The third kappa shape index (κ3) is 7.14. The minimum Gasteiger partial charge on any atom is -0.478 e. The molecular formula is C13H21ClN2O2. The molecule has 0 saturated heterocycles. The van der Waals surface area contributed by atoms with E-state index >= 15 is 0 Å². The molecule has 0 aliphatic heterocycles. The van der Waals surface area contributed by atoms with Crippen LogP contribution in [-0.2, 0) is 0 Å². The lowest BCUT2D eigenvalue weighted by molar-refractivity contribution is 0.0697. The smallest absolute Gasteiger partial charge is 0.335 e. The molecule has 0 unspecified atom stereocenters. The number of rotatable bonds is 5. The number of benzene rings is 1. The molecule has 1 aromatic rings. The van der Waals surface area contributed by atoms with Crippen molar-refractivity contribution in [2.75, 3.05) is 31.2 Å². The molecule has 0 radical (unpaired) electrons. The number of anilines is 1. The van der Waals surface area contributed by atoms with Gasteiger partial charge in [0.2, 0.25) is 0 Å². The van der Waals surface area contributed by atoms with Gasteiger partial charge in [-0.05, 0) is 37.4 Å². The Balaban J connectivity index is 0.000000331. The second kappa shape index (κ2) is 9.74. The van der Waals surface area contributed by atoms with Crippen LogP contribution in [-0.4, -0.2) is 41.5 Å². The van der Waals surface area contributed by atoms with Gasteiger partial charge in [-0.25, -0.2) is 4.79 Å². The molecule has 1 aromatic carbocycles. The van der Waals surface area contributed by atoms with E-state index in [4.69, 9.17) is 22.4 Å². The fraction of sp³-hybridized carbons (Fsp3) is 0.462. The fourth-order valence-electron chi connectivity index (χ4n) is 1.29. The van der Waals surface area contributed by atoms with E-state index < -0.39 is 5.97 Å². The number of carboxylic acids is 1. The monoisotopic (exact) mass is 272 g/mol. The fourth-order valence-corrected chi connectivity index (χ4v) is 1.52. The highest BCUT2D eigenvalue weighted by Crippen LogP contribution is 2.04. The zero-order chi connectivity index (χ0) is 14.0. The summed E-state index contributed by atoms with van der Waals surface area (Å²) in [5.74, 6) is -0.179. The predicted octanol–water partition coefficient (Wildman–Crippen LogP) is 2.53. The van der Waals surface area contributed by atoms with Gasteiger partial charge in [0.25, 0.3) is 0 Å². The molecule has 102 valence electrons. The van der Waals surface area contributed by atoms with Crippen molar-refractivity contribution in [2.45, 2.75) is 13.8 Å².